The maximum absolute atomic E-state index is 10.9. The molecule has 5 nitrogen and oxygen atoms in total. The Hall–Kier alpha value is -0.910. The molecule has 0 bridgehead atoms. The smallest absolute Gasteiger partial charge is 0.318 e. The zero-order valence-corrected chi connectivity index (χ0v) is 9.00. The van der Waals surface area contributed by atoms with Gasteiger partial charge in [0.05, 0.1) is 6.61 Å². The van der Waals surface area contributed by atoms with Gasteiger partial charge in [0, 0.05) is 10.8 Å². The fourth-order valence-electron chi connectivity index (χ4n) is 0.621. The summed E-state index contributed by atoms with van der Waals surface area (Å²) < 4.78 is 15.7. The summed E-state index contributed by atoms with van der Waals surface area (Å²) in [5, 5.41) is 8.27. The third kappa shape index (κ3) is 7.72. The monoisotopic (exact) mass is 222 g/mol. The van der Waals surface area contributed by atoms with Gasteiger partial charge in [-0.1, -0.05) is 13.8 Å². The largest absolute Gasteiger partial charge is 0.481 e. The zero-order valence-electron chi connectivity index (χ0n) is 8.19. The van der Waals surface area contributed by atoms with Gasteiger partial charge >= 0.3 is 11.9 Å². The third-order valence-electron chi connectivity index (χ3n) is 1.14. The number of hydrogen-bond donors (Lipinski definition) is 1. The van der Waals surface area contributed by atoms with Gasteiger partial charge in [0.1, 0.15) is 11.5 Å². The predicted molar refractivity (Wildman–Crippen MR) is 51.3 cm³/mol. The Bertz CT molecular complexity index is 236. The predicted octanol–water partition coefficient (Wildman–Crippen LogP) is 0.0189. The Morgan fingerprint density at radius 3 is 2.36 bits per heavy atom. The van der Waals surface area contributed by atoms with Crippen molar-refractivity contribution in [3.63, 3.8) is 0 Å². The fourth-order valence-corrected chi connectivity index (χ4v) is 1.35. The van der Waals surface area contributed by atoms with Gasteiger partial charge in [0.15, 0.2) is 0 Å². The molecule has 0 heterocycles. The number of hydrogen-bond acceptors (Lipinski definition) is 4. The molecule has 0 aromatic carbocycles. The highest BCUT2D eigenvalue weighted by Crippen LogP contribution is 1.94. The van der Waals surface area contributed by atoms with Gasteiger partial charge in [-0.15, -0.1) is 0 Å². The molecule has 1 atom stereocenters. The van der Waals surface area contributed by atoms with Crippen LogP contribution in [0.4, 0.5) is 0 Å². The van der Waals surface area contributed by atoms with E-state index in [9.17, 15) is 13.8 Å². The van der Waals surface area contributed by atoms with E-state index in [0.717, 1.165) is 0 Å². The molecule has 0 rings (SSSR count). The van der Waals surface area contributed by atoms with Crippen LogP contribution < -0.4 is 0 Å². The number of rotatable bonds is 6. The maximum atomic E-state index is 10.9. The molecule has 0 aliphatic carbocycles. The number of esters is 1. The number of carboxylic acid groups (broad SMARTS) is 1. The molecule has 0 saturated heterocycles. The van der Waals surface area contributed by atoms with Crippen LogP contribution >= 0.6 is 0 Å². The summed E-state index contributed by atoms with van der Waals surface area (Å²) in [6, 6.07) is 0. The lowest BCUT2D eigenvalue weighted by Gasteiger charge is -2.05. The Balaban J connectivity index is 3.72. The van der Waals surface area contributed by atoms with Gasteiger partial charge in [-0.25, -0.2) is 0 Å². The summed E-state index contributed by atoms with van der Waals surface area (Å²) in [4.78, 5) is 21.0. The Morgan fingerprint density at radius 2 is 1.93 bits per heavy atom. The molecule has 0 fully saturated rings. The minimum atomic E-state index is -1.67. The van der Waals surface area contributed by atoms with Gasteiger partial charge in [0.25, 0.3) is 0 Å². The second kappa shape index (κ2) is 6.53. The standard InChI is InChI=1S/C8H14O5S/c1-6(2)3-13-8(11)5-14(12)4-7(9)10/h6H,3-5H2,1-2H3,(H,9,10). The van der Waals surface area contributed by atoms with E-state index >= 15 is 0 Å². The van der Waals surface area contributed by atoms with Crippen LogP contribution in [0.25, 0.3) is 0 Å². The number of carbonyl (C=O) groups is 2. The SMILES string of the molecule is CC(C)COC(=O)CS(=O)CC(=O)O. The van der Waals surface area contributed by atoms with E-state index in [1.54, 1.807) is 0 Å². The van der Waals surface area contributed by atoms with Crippen molar-refractivity contribution in [1.29, 1.82) is 0 Å². The number of carboxylic acids is 1. The fraction of sp³-hybridized carbons (Fsp3) is 0.750. The first-order valence-corrected chi connectivity index (χ1v) is 5.63. The topological polar surface area (TPSA) is 80.7 Å². The first-order valence-electron chi connectivity index (χ1n) is 4.14. The average molecular weight is 222 g/mol. The van der Waals surface area contributed by atoms with Crippen molar-refractivity contribution in [3.05, 3.63) is 0 Å². The van der Waals surface area contributed by atoms with Crippen molar-refractivity contribution < 1.29 is 23.6 Å². The van der Waals surface area contributed by atoms with Crippen LogP contribution in [0.5, 0.6) is 0 Å². The van der Waals surface area contributed by atoms with E-state index in [1.807, 2.05) is 13.8 Å². The van der Waals surface area contributed by atoms with E-state index in [0.29, 0.717) is 0 Å². The molecule has 1 unspecified atom stereocenters. The molecule has 1 N–H and O–H groups in total. The van der Waals surface area contributed by atoms with E-state index < -0.39 is 28.5 Å². The van der Waals surface area contributed by atoms with Crippen LogP contribution in [0.15, 0.2) is 0 Å². The van der Waals surface area contributed by atoms with Crippen molar-refractivity contribution in [2.45, 2.75) is 13.8 Å². The summed E-state index contributed by atoms with van der Waals surface area (Å²) in [5.41, 5.74) is 0. The van der Waals surface area contributed by atoms with Crippen molar-refractivity contribution in [2.75, 3.05) is 18.1 Å². The van der Waals surface area contributed by atoms with Gasteiger partial charge in [-0.05, 0) is 5.92 Å². The minimum Gasteiger partial charge on any atom is -0.481 e. The van der Waals surface area contributed by atoms with E-state index in [4.69, 9.17) is 9.84 Å². The molecule has 0 amide bonds. The first-order chi connectivity index (χ1) is 6.41. The molecule has 0 radical (unpaired) electrons. The number of ether oxygens (including phenoxy) is 1. The van der Waals surface area contributed by atoms with E-state index in [-0.39, 0.29) is 18.3 Å². The van der Waals surface area contributed by atoms with Crippen molar-refractivity contribution in [1.82, 2.24) is 0 Å². The third-order valence-corrected chi connectivity index (χ3v) is 2.27. The van der Waals surface area contributed by atoms with Gasteiger partial charge in [-0.2, -0.15) is 0 Å². The van der Waals surface area contributed by atoms with Gasteiger partial charge < -0.3 is 9.84 Å². The van der Waals surface area contributed by atoms with Crippen LogP contribution in [-0.4, -0.2) is 39.4 Å². The molecule has 0 aromatic heterocycles. The molecule has 82 valence electrons. The van der Waals surface area contributed by atoms with E-state index in [2.05, 4.69) is 0 Å². The molecule has 14 heavy (non-hydrogen) atoms. The Kier molecular flexibility index (Phi) is 6.11. The number of aliphatic carboxylic acids is 1. The Morgan fingerprint density at radius 1 is 1.36 bits per heavy atom. The molecule has 0 aliphatic heterocycles. The van der Waals surface area contributed by atoms with Crippen LogP contribution in [0.3, 0.4) is 0 Å². The number of carbonyl (C=O) groups excluding carboxylic acids is 1. The average Bonchev–Trinajstić information content (AvgIpc) is 1.98. The lowest BCUT2D eigenvalue weighted by Crippen LogP contribution is -2.21. The zero-order chi connectivity index (χ0) is 11.1. The summed E-state index contributed by atoms with van der Waals surface area (Å²) in [6.45, 7) is 4.02. The lowest BCUT2D eigenvalue weighted by atomic mass is 10.2. The lowest BCUT2D eigenvalue weighted by molar-refractivity contribution is -0.141. The van der Waals surface area contributed by atoms with Gasteiger partial charge in [-0.3, -0.25) is 13.8 Å². The summed E-state index contributed by atoms with van der Waals surface area (Å²) in [6.07, 6.45) is 0. The summed E-state index contributed by atoms with van der Waals surface area (Å²) >= 11 is 0. The maximum Gasteiger partial charge on any atom is 0.318 e. The summed E-state index contributed by atoms with van der Waals surface area (Å²) in [7, 11) is -1.67. The highest BCUT2D eigenvalue weighted by molar-refractivity contribution is 7.86. The highest BCUT2D eigenvalue weighted by Gasteiger charge is 2.12. The molecule has 0 saturated carbocycles. The molecule has 0 spiro atoms. The van der Waals surface area contributed by atoms with Crippen molar-refractivity contribution in [2.24, 2.45) is 5.92 Å². The normalized spacial score (nSPS) is 12.5. The van der Waals surface area contributed by atoms with Gasteiger partial charge in [0.2, 0.25) is 0 Å². The molecule has 0 aromatic rings. The van der Waals surface area contributed by atoms with Crippen molar-refractivity contribution >= 4 is 22.7 Å². The highest BCUT2D eigenvalue weighted by atomic mass is 32.2. The second-order valence-corrected chi connectivity index (χ2v) is 4.66. The van der Waals surface area contributed by atoms with Crippen LogP contribution in [0, 0.1) is 5.92 Å². The molecule has 6 heteroatoms. The molecule has 0 aliphatic rings. The van der Waals surface area contributed by atoms with E-state index in [1.165, 1.54) is 0 Å². The van der Waals surface area contributed by atoms with Crippen LogP contribution in [-0.2, 0) is 25.1 Å². The van der Waals surface area contributed by atoms with Crippen LogP contribution in [0.1, 0.15) is 13.8 Å². The summed E-state index contributed by atoms with van der Waals surface area (Å²) in [5.74, 6) is -2.44. The second-order valence-electron chi connectivity index (χ2n) is 3.20. The minimum absolute atomic E-state index is 0.215. The Labute approximate surface area is 84.9 Å². The van der Waals surface area contributed by atoms with Crippen molar-refractivity contribution in [3.8, 4) is 0 Å². The van der Waals surface area contributed by atoms with Crippen LogP contribution in [0.2, 0.25) is 0 Å². The molecular formula is C8H14O5S. The first kappa shape index (κ1) is 13.1. The quantitative estimate of drug-likeness (QED) is 0.641. The molecular weight excluding hydrogens is 208 g/mol.